The SMILES string of the molecule is CN=C(NCCc1nc(-c2ccc(Cl)cc2)no1)N(C)Cc1ccc(F)cc1.I. The summed E-state index contributed by atoms with van der Waals surface area (Å²) in [5, 5.41) is 7.93. The maximum atomic E-state index is 13.0. The summed E-state index contributed by atoms with van der Waals surface area (Å²) < 4.78 is 18.3. The number of hydrogen-bond acceptors (Lipinski definition) is 4. The van der Waals surface area contributed by atoms with Crippen molar-refractivity contribution in [3.05, 3.63) is 70.8 Å². The highest BCUT2D eigenvalue weighted by Crippen LogP contribution is 2.18. The predicted molar refractivity (Wildman–Crippen MR) is 123 cm³/mol. The van der Waals surface area contributed by atoms with Gasteiger partial charge in [-0.25, -0.2) is 4.39 Å². The standard InChI is InChI=1S/C20H21ClFN5O.HI/c1-23-20(27(2)13-14-3-9-17(22)10-4-14)24-12-11-18-25-19(26-28-18)15-5-7-16(21)8-6-15;/h3-10H,11-13H2,1-2H3,(H,23,24);1H. The molecule has 0 spiro atoms. The van der Waals surface area contributed by atoms with Crippen molar-refractivity contribution < 1.29 is 8.91 Å². The molecule has 0 aliphatic carbocycles. The lowest BCUT2D eigenvalue weighted by atomic mass is 10.2. The molecule has 1 aromatic heterocycles. The van der Waals surface area contributed by atoms with Crippen molar-refractivity contribution in [2.45, 2.75) is 13.0 Å². The van der Waals surface area contributed by atoms with Crippen molar-refractivity contribution in [2.75, 3.05) is 20.6 Å². The van der Waals surface area contributed by atoms with Gasteiger partial charge in [-0.05, 0) is 42.0 Å². The number of aliphatic imine (C=N–C) groups is 1. The molecule has 154 valence electrons. The van der Waals surface area contributed by atoms with Crippen LogP contribution in [0, 0.1) is 5.82 Å². The van der Waals surface area contributed by atoms with Crippen molar-refractivity contribution >= 4 is 41.5 Å². The van der Waals surface area contributed by atoms with Crippen LogP contribution in [0.2, 0.25) is 5.02 Å². The van der Waals surface area contributed by atoms with E-state index in [1.54, 1.807) is 31.3 Å². The third kappa shape index (κ3) is 6.67. The minimum Gasteiger partial charge on any atom is -0.356 e. The van der Waals surface area contributed by atoms with E-state index in [2.05, 4.69) is 20.4 Å². The van der Waals surface area contributed by atoms with Gasteiger partial charge in [0.05, 0.1) is 0 Å². The van der Waals surface area contributed by atoms with Gasteiger partial charge < -0.3 is 14.7 Å². The fourth-order valence-electron chi connectivity index (χ4n) is 2.68. The molecule has 0 bridgehead atoms. The highest BCUT2D eigenvalue weighted by molar-refractivity contribution is 14.0. The Hall–Kier alpha value is -2.20. The molecule has 0 unspecified atom stereocenters. The minimum atomic E-state index is -0.244. The molecule has 6 nitrogen and oxygen atoms in total. The molecule has 3 aromatic rings. The molecule has 1 N–H and O–H groups in total. The van der Waals surface area contributed by atoms with Crippen LogP contribution in [-0.2, 0) is 13.0 Å². The first kappa shape index (κ1) is 23.1. The molecule has 0 atom stereocenters. The van der Waals surface area contributed by atoms with Gasteiger partial charge in [-0.3, -0.25) is 4.99 Å². The molecular formula is C20H22ClFIN5O. The highest BCUT2D eigenvalue weighted by atomic mass is 127. The third-order valence-corrected chi connectivity index (χ3v) is 4.35. The van der Waals surface area contributed by atoms with Crippen molar-refractivity contribution in [3.63, 3.8) is 0 Å². The predicted octanol–water partition coefficient (Wildman–Crippen LogP) is 4.40. The molecule has 0 radical (unpaired) electrons. The van der Waals surface area contributed by atoms with Gasteiger partial charge in [-0.1, -0.05) is 28.9 Å². The summed E-state index contributed by atoms with van der Waals surface area (Å²) in [6.07, 6.45) is 0.560. The second-order valence-corrected chi connectivity index (χ2v) is 6.66. The van der Waals surface area contributed by atoms with E-state index in [-0.39, 0.29) is 29.8 Å². The van der Waals surface area contributed by atoms with Crippen LogP contribution in [0.25, 0.3) is 11.4 Å². The molecule has 9 heteroatoms. The molecule has 2 aromatic carbocycles. The second kappa shape index (κ2) is 11.1. The number of benzene rings is 2. The van der Waals surface area contributed by atoms with Gasteiger partial charge in [0.1, 0.15) is 5.82 Å². The van der Waals surface area contributed by atoms with E-state index in [1.165, 1.54) is 12.1 Å². The zero-order valence-corrected chi connectivity index (χ0v) is 19.2. The van der Waals surface area contributed by atoms with E-state index in [0.29, 0.717) is 36.2 Å². The van der Waals surface area contributed by atoms with Crippen molar-refractivity contribution in [1.82, 2.24) is 20.4 Å². The molecular weight excluding hydrogens is 508 g/mol. The van der Waals surface area contributed by atoms with Crippen molar-refractivity contribution in [3.8, 4) is 11.4 Å². The average Bonchev–Trinajstić information content (AvgIpc) is 3.16. The fraction of sp³-hybridized carbons (Fsp3) is 0.250. The van der Waals surface area contributed by atoms with E-state index in [0.717, 1.165) is 17.1 Å². The number of rotatable bonds is 6. The summed E-state index contributed by atoms with van der Waals surface area (Å²) in [6.45, 7) is 1.20. The zero-order chi connectivity index (χ0) is 19.9. The number of guanidine groups is 1. The lowest BCUT2D eigenvalue weighted by molar-refractivity contribution is 0.377. The monoisotopic (exact) mass is 529 g/mol. The van der Waals surface area contributed by atoms with Gasteiger partial charge in [0.15, 0.2) is 5.96 Å². The molecule has 0 aliphatic rings. The first-order valence-corrected chi connectivity index (χ1v) is 9.17. The molecule has 0 saturated heterocycles. The number of hydrogen-bond donors (Lipinski definition) is 1. The molecule has 3 rings (SSSR count). The summed E-state index contributed by atoms with van der Waals surface area (Å²) in [4.78, 5) is 10.6. The first-order chi connectivity index (χ1) is 13.5. The Morgan fingerprint density at radius 3 is 2.52 bits per heavy atom. The van der Waals surface area contributed by atoms with E-state index in [4.69, 9.17) is 16.1 Å². The Balaban J connectivity index is 0.00000300. The molecule has 0 aliphatic heterocycles. The van der Waals surface area contributed by atoms with E-state index in [9.17, 15) is 4.39 Å². The number of aromatic nitrogens is 2. The molecule has 0 fully saturated rings. The highest BCUT2D eigenvalue weighted by Gasteiger charge is 2.10. The Kier molecular flexibility index (Phi) is 8.84. The Morgan fingerprint density at radius 1 is 1.17 bits per heavy atom. The van der Waals surface area contributed by atoms with Gasteiger partial charge in [0.25, 0.3) is 0 Å². The second-order valence-electron chi connectivity index (χ2n) is 6.23. The normalized spacial score (nSPS) is 11.1. The molecule has 1 heterocycles. The van der Waals surface area contributed by atoms with Crippen LogP contribution in [0.4, 0.5) is 4.39 Å². The Bertz CT molecular complexity index is 931. The van der Waals surface area contributed by atoms with E-state index in [1.807, 2.05) is 24.1 Å². The summed E-state index contributed by atoms with van der Waals surface area (Å²) in [7, 11) is 3.64. The summed E-state index contributed by atoms with van der Waals surface area (Å²) in [5.41, 5.74) is 1.85. The van der Waals surface area contributed by atoms with Crippen LogP contribution < -0.4 is 5.32 Å². The molecule has 0 amide bonds. The van der Waals surface area contributed by atoms with Gasteiger partial charge in [-0.2, -0.15) is 4.98 Å². The Labute approximate surface area is 191 Å². The number of nitrogens with zero attached hydrogens (tertiary/aromatic N) is 4. The summed E-state index contributed by atoms with van der Waals surface area (Å²) >= 11 is 5.90. The smallest absolute Gasteiger partial charge is 0.228 e. The topological polar surface area (TPSA) is 66.5 Å². The molecule has 0 saturated carbocycles. The fourth-order valence-corrected chi connectivity index (χ4v) is 2.80. The van der Waals surface area contributed by atoms with Crippen LogP contribution >= 0.6 is 35.6 Å². The van der Waals surface area contributed by atoms with Gasteiger partial charge >= 0.3 is 0 Å². The summed E-state index contributed by atoms with van der Waals surface area (Å²) in [5.74, 6) is 1.55. The lowest BCUT2D eigenvalue weighted by Crippen LogP contribution is -2.39. The maximum Gasteiger partial charge on any atom is 0.228 e. The van der Waals surface area contributed by atoms with Gasteiger partial charge in [0, 0.05) is 44.2 Å². The first-order valence-electron chi connectivity index (χ1n) is 8.80. The van der Waals surface area contributed by atoms with Crippen LogP contribution in [0.1, 0.15) is 11.5 Å². The van der Waals surface area contributed by atoms with Crippen LogP contribution in [0.3, 0.4) is 0 Å². The average molecular weight is 530 g/mol. The van der Waals surface area contributed by atoms with Crippen LogP contribution in [0.15, 0.2) is 58.0 Å². The third-order valence-electron chi connectivity index (χ3n) is 4.10. The van der Waals surface area contributed by atoms with Crippen molar-refractivity contribution in [2.24, 2.45) is 4.99 Å². The quantitative estimate of drug-likeness (QED) is 0.291. The van der Waals surface area contributed by atoms with Crippen LogP contribution in [-0.4, -0.2) is 41.6 Å². The maximum absolute atomic E-state index is 13.0. The minimum absolute atomic E-state index is 0. The van der Waals surface area contributed by atoms with Crippen LogP contribution in [0.5, 0.6) is 0 Å². The number of nitrogens with one attached hydrogen (secondary N) is 1. The summed E-state index contributed by atoms with van der Waals surface area (Å²) in [6, 6.07) is 13.7. The molecule has 29 heavy (non-hydrogen) atoms. The Morgan fingerprint density at radius 2 is 1.86 bits per heavy atom. The largest absolute Gasteiger partial charge is 0.356 e. The van der Waals surface area contributed by atoms with Gasteiger partial charge in [-0.15, -0.1) is 24.0 Å². The van der Waals surface area contributed by atoms with E-state index >= 15 is 0 Å². The van der Waals surface area contributed by atoms with E-state index < -0.39 is 0 Å². The van der Waals surface area contributed by atoms with Gasteiger partial charge in [0.2, 0.25) is 11.7 Å². The number of halogens is 3. The zero-order valence-electron chi connectivity index (χ0n) is 16.1. The van der Waals surface area contributed by atoms with Crippen molar-refractivity contribution in [1.29, 1.82) is 0 Å². The lowest BCUT2D eigenvalue weighted by Gasteiger charge is -2.22.